The third-order valence-electron chi connectivity index (χ3n) is 2.82. The van der Waals surface area contributed by atoms with E-state index in [1.165, 1.54) is 30.5 Å². The Kier molecular flexibility index (Phi) is 4.46. The molecular weight excluding hydrogens is 317 g/mol. The summed E-state index contributed by atoms with van der Waals surface area (Å²) in [4.78, 5) is 5.52. The summed E-state index contributed by atoms with van der Waals surface area (Å²) in [5.41, 5.74) is 0.630. The predicted molar refractivity (Wildman–Crippen MR) is 79.1 cm³/mol. The summed E-state index contributed by atoms with van der Waals surface area (Å²) >= 11 is 5.62. The highest BCUT2D eigenvalue weighted by atomic mass is 35.5. The third-order valence-corrected chi connectivity index (χ3v) is 4.06. The molecule has 21 heavy (non-hydrogen) atoms. The van der Waals surface area contributed by atoms with Crippen LogP contribution in [0.3, 0.4) is 0 Å². The van der Waals surface area contributed by atoms with Crippen molar-refractivity contribution < 1.29 is 12.8 Å². The highest BCUT2D eigenvalue weighted by Gasteiger charge is 2.18. The van der Waals surface area contributed by atoms with E-state index in [9.17, 15) is 12.8 Å². The monoisotopic (exact) mass is 329 g/mol. The molecule has 0 aliphatic carbocycles. The first kappa shape index (κ1) is 15.7. The standard InChI is InChI=1S/C13H13ClFN3O2S/c1-18(8-9-4-5-10(14)11(15)7-9)13-12(21(16,19)20)3-2-6-17-13/h2-7H,8H2,1H3,(H2,16,19,20). The molecule has 2 N–H and O–H groups in total. The Morgan fingerprint density at radius 3 is 2.71 bits per heavy atom. The number of nitrogens with zero attached hydrogens (tertiary/aromatic N) is 2. The second-order valence-electron chi connectivity index (χ2n) is 4.47. The van der Waals surface area contributed by atoms with Crippen LogP contribution in [-0.2, 0) is 16.6 Å². The van der Waals surface area contributed by atoms with Gasteiger partial charge in [0.15, 0.2) is 0 Å². The summed E-state index contributed by atoms with van der Waals surface area (Å²) in [6.45, 7) is 0.258. The van der Waals surface area contributed by atoms with Crippen LogP contribution in [-0.4, -0.2) is 20.4 Å². The average molecular weight is 330 g/mol. The first-order chi connectivity index (χ1) is 9.79. The van der Waals surface area contributed by atoms with Crippen molar-refractivity contribution in [2.24, 2.45) is 5.14 Å². The smallest absolute Gasteiger partial charge is 0.241 e. The van der Waals surface area contributed by atoms with Gasteiger partial charge in [-0.3, -0.25) is 0 Å². The fourth-order valence-corrected chi connectivity index (χ4v) is 2.73. The summed E-state index contributed by atoms with van der Waals surface area (Å²) in [5, 5.41) is 5.19. The van der Waals surface area contributed by atoms with Crippen LogP contribution in [0.15, 0.2) is 41.4 Å². The maximum Gasteiger partial charge on any atom is 0.241 e. The summed E-state index contributed by atoms with van der Waals surface area (Å²) in [7, 11) is -2.24. The van der Waals surface area contributed by atoms with E-state index in [1.54, 1.807) is 18.0 Å². The molecule has 0 atom stereocenters. The van der Waals surface area contributed by atoms with E-state index in [4.69, 9.17) is 16.7 Å². The van der Waals surface area contributed by atoms with Gasteiger partial charge in [0, 0.05) is 19.8 Å². The highest BCUT2D eigenvalue weighted by molar-refractivity contribution is 7.89. The van der Waals surface area contributed by atoms with Crippen LogP contribution in [0.5, 0.6) is 0 Å². The summed E-state index contributed by atoms with van der Waals surface area (Å²) in [6.07, 6.45) is 1.46. The lowest BCUT2D eigenvalue weighted by Gasteiger charge is -2.20. The van der Waals surface area contributed by atoms with Crippen molar-refractivity contribution >= 4 is 27.4 Å². The molecule has 1 aromatic carbocycles. The molecule has 0 aliphatic heterocycles. The van der Waals surface area contributed by atoms with E-state index in [0.29, 0.717) is 5.56 Å². The van der Waals surface area contributed by atoms with Gasteiger partial charge in [0.2, 0.25) is 10.0 Å². The lowest BCUT2D eigenvalue weighted by molar-refractivity contribution is 0.597. The van der Waals surface area contributed by atoms with Gasteiger partial charge in [0.25, 0.3) is 0 Å². The number of aromatic nitrogens is 1. The van der Waals surface area contributed by atoms with Gasteiger partial charge in [-0.15, -0.1) is 0 Å². The molecule has 112 valence electrons. The van der Waals surface area contributed by atoms with Gasteiger partial charge in [-0.05, 0) is 29.8 Å². The van der Waals surface area contributed by atoms with Gasteiger partial charge in [-0.2, -0.15) is 0 Å². The van der Waals surface area contributed by atoms with Crippen molar-refractivity contribution in [1.29, 1.82) is 0 Å². The Morgan fingerprint density at radius 2 is 2.10 bits per heavy atom. The molecule has 0 bridgehead atoms. The molecule has 0 amide bonds. The summed E-state index contributed by atoms with van der Waals surface area (Å²) in [6, 6.07) is 7.24. The van der Waals surface area contributed by atoms with Crippen LogP contribution in [0, 0.1) is 5.82 Å². The lowest BCUT2D eigenvalue weighted by atomic mass is 10.2. The van der Waals surface area contributed by atoms with Gasteiger partial charge in [0.05, 0.1) is 5.02 Å². The Morgan fingerprint density at radius 1 is 1.38 bits per heavy atom. The zero-order valence-corrected chi connectivity index (χ0v) is 12.7. The topological polar surface area (TPSA) is 76.3 Å². The van der Waals surface area contributed by atoms with Crippen LogP contribution in [0.4, 0.5) is 10.2 Å². The fourth-order valence-electron chi connectivity index (χ4n) is 1.88. The minimum atomic E-state index is -3.89. The van der Waals surface area contributed by atoms with Crippen LogP contribution >= 0.6 is 11.6 Å². The lowest BCUT2D eigenvalue weighted by Crippen LogP contribution is -2.23. The number of anilines is 1. The number of nitrogens with two attached hydrogens (primary N) is 1. The number of pyridine rings is 1. The molecule has 8 heteroatoms. The van der Waals surface area contributed by atoms with Crippen LogP contribution < -0.4 is 10.0 Å². The Balaban J connectivity index is 2.33. The van der Waals surface area contributed by atoms with Crippen molar-refractivity contribution in [3.63, 3.8) is 0 Å². The van der Waals surface area contributed by atoms with E-state index >= 15 is 0 Å². The predicted octanol–water partition coefficient (Wildman–Crippen LogP) is 2.16. The molecule has 2 rings (SSSR count). The van der Waals surface area contributed by atoms with Crippen molar-refractivity contribution in [2.45, 2.75) is 11.4 Å². The first-order valence-electron chi connectivity index (χ1n) is 5.92. The van der Waals surface area contributed by atoms with E-state index < -0.39 is 15.8 Å². The molecule has 0 spiro atoms. The molecule has 1 heterocycles. The molecule has 0 saturated heterocycles. The van der Waals surface area contributed by atoms with Crippen molar-refractivity contribution in [3.05, 3.63) is 52.9 Å². The van der Waals surface area contributed by atoms with Crippen LogP contribution in [0.25, 0.3) is 0 Å². The van der Waals surface area contributed by atoms with Gasteiger partial charge >= 0.3 is 0 Å². The fraction of sp³-hybridized carbons (Fsp3) is 0.154. The Hall–Kier alpha value is -1.70. The zero-order chi connectivity index (χ0) is 15.6. The maximum atomic E-state index is 13.4. The summed E-state index contributed by atoms with van der Waals surface area (Å²) < 4.78 is 36.5. The minimum Gasteiger partial charge on any atom is -0.354 e. The molecule has 5 nitrogen and oxygen atoms in total. The van der Waals surface area contributed by atoms with Crippen LogP contribution in [0.1, 0.15) is 5.56 Å². The third kappa shape index (κ3) is 3.69. The molecule has 0 aliphatic rings. The van der Waals surface area contributed by atoms with Gasteiger partial charge in [0.1, 0.15) is 16.5 Å². The number of rotatable bonds is 4. The van der Waals surface area contributed by atoms with E-state index in [2.05, 4.69) is 4.98 Å². The van der Waals surface area contributed by atoms with Gasteiger partial charge < -0.3 is 4.90 Å². The minimum absolute atomic E-state index is 0.0319. The first-order valence-corrected chi connectivity index (χ1v) is 7.84. The summed E-state index contributed by atoms with van der Waals surface area (Å²) in [5.74, 6) is -0.328. The van der Waals surface area contributed by atoms with Gasteiger partial charge in [-0.25, -0.2) is 22.9 Å². The average Bonchev–Trinajstić information content (AvgIpc) is 2.42. The molecule has 1 aromatic heterocycles. The normalized spacial score (nSPS) is 11.4. The quantitative estimate of drug-likeness (QED) is 0.932. The molecule has 0 saturated carbocycles. The molecule has 0 unspecified atom stereocenters. The van der Waals surface area contributed by atoms with Crippen molar-refractivity contribution in [3.8, 4) is 0 Å². The van der Waals surface area contributed by atoms with E-state index in [0.717, 1.165) is 0 Å². The molecule has 2 aromatic rings. The van der Waals surface area contributed by atoms with Gasteiger partial charge in [-0.1, -0.05) is 17.7 Å². The number of benzene rings is 1. The molecular formula is C13H13ClFN3O2S. The zero-order valence-electron chi connectivity index (χ0n) is 11.1. The number of halogens is 2. The number of primary sulfonamides is 1. The highest BCUT2D eigenvalue weighted by Crippen LogP contribution is 2.22. The van der Waals surface area contributed by atoms with Crippen molar-refractivity contribution in [1.82, 2.24) is 4.98 Å². The van der Waals surface area contributed by atoms with Crippen LogP contribution in [0.2, 0.25) is 5.02 Å². The maximum absolute atomic E-state index is 13.4. The number of sulfonamides is 1. The number of hydrogen-bond donors (Lipinski definition) is 1. The second-order valence-corrected chi connectivity index (χ2v) is 6.41. The molecule has 0 radical (unpaired) electrons. The Bertz CT molecular complexity index is 768. The number of hydrogen-bond acceptors (Lipinski definition) is 4. The van der Waals surface area contributed by atoms with Crippen molar-refractivity contribution in [2.75, 3.05) is 11.9 Å². The van der Waals surface area contributed by atoms with E-state index in [1.807, 2.05) is 0 Å². The second kappa shape index (κ2) is 5.97. The molecule has 0 fully saturated rings. The Labute approximate surface area is 127 Å². The largest absolute Gasteiger partial charge is 0.354 e. The van der Waals surface area contributed by atoms with E-state index in [-0.39, 0.29) is 22.3 Å². The SMILES string of the molecule is CN(Cc1ccc(Cl)c(F)c1)c1ncccc1S(N)(=O)=O.